The van der Waals surface area contributed by atoms with Crippen molar-refractivity contribution in [1.82, 2.24) is 24.6 Å². The van der Waals surface area contributed by atoms with Gasteiger partial charge in [0, 0.05) is 55.5 Å². The van der Waals surface area contributed by atoms with Gasteiger partial charge in [-0.1, -0.05) is 55.3 Å². The van der Waals surface area contributed by atoms with Crippen molar-refractivity contribution in [2.45, 2.75) is 65.0 Å². The molecule has 11 heteroatoms. The summed E-state index contributed by atoms with van der Waals surface area (Å²) in [6.07, 6.45) is 12.4. The lowest BCUT2D eigenvalue weighted by atomic mass is 9.80. The normalized spacial score (nSPS) is 12.7. The Kier molecular flexibility index (Phi) is 10.5. The molecule has 3 N–H and O–H groups in total. The molecule has 0 spiro atoms. The third kappa shape index (κ3) is 7.92. The lowest BCUT2D eigenvalue weighted by Gasteiger charge is -2.27. The van der Waals surface area contributed by atoms with Crippen LogP contribution >= 0.6 is 11.6 Å². The second-order valence-electron chi connectivity index (χ2n) is 12.2. The van der Waals surface area contributed by atoms with E-state index in [-0.39, 0.29) is 11.6 Å². The standard InChI is InChI=1S/C38H40ClN7O3/c1-3-25-15-18-45(24-25)17-8-16-41-36(47)30-14-7-12-28(20-30)27-11-6-13-29(19-27)33-21-34(37(48)46(4-2)44-33)42-38(49)43-35-31(26-9-5-10-26)22-40-23-32(35)39/h6-7,11-15,18-24,26H,3-5,8-10,16-17H2,1-2H3,(H,41,47)(H2,40,42,43,49). The minimum atomic E-state index is -0.579. The van der Waals surface area contributed by atoms with Gasteiger partial charge in [0.1, 0.15) is 5.69 Å². The van der Waals surface area contributed by atoms with E-state index in [9.17, 15) is 14.4 Å². The van der Waals surface area contributed by atoms with Gasteiger partial charge in [0.05, 0.1) is 16.4 Å². The summed E-state index contributed by atoms with van der Waals surface area (Å²) in [5.41, 5.74) is 5.96. The molecule has 0 aliphatic heterocycles. The summed E-state index contributed by atoms with van der Waals surface area (Å²) in [7, 11) is 0. The van der Waals surface area contributed by atoms with Gasteiger partial charge in [-0.05, 0) is 91.1 Å². The van der Waals surface area contributed by atoms with Gasteiger partial charge in [0.25, 0.3) is 11.5 Å². The molecule has 2 aromatic carbocycles. The van der Waals surface area contributed by atoms with Gasteiger partial charge < -0.3 is 20.5 Å². The highest BCUT2D eigenvalue weighted by Crippen LogP contribution is 2.41. The molecule has 0 atom stereocenters. The van der Waals surface area contributed by atoms with Gasteiger partial charge in [-0.25, -0.2) is 9.48 Å². The molecule has 3 aromatic heterocycles. The molecule has 10 nitrogen and oxygen atoms in total. The molecule has 5 aromatic rings. The lowest BCUT2D eigenvalue weighted by Crippen LogP contribution is -2.30. The maximum atomic E-state index is 13.2. The predicted octanol–water partition coefficient (Wildman–Crippen LogP) is 7.74. The zero-order chi connectivity index (χ0) is 34.3. The van der Waals surface area contributed by atoms with E-state index in [0.29, 0.717) is 41.0 Å². The number of anilines is 2. The number of carbonyl (C=O) groups is 2. The van der Waals surface area contributed by atoms with E-state index in [4.69, 9.17) is 11.6 Å². The molecule has 1 saturated carbocycles. The Balaban J connectivity index is 1.17. The van der Waals surface area contributed by atoms with E-state index in [1.165, 1.54) is 16.4 Å². The van der Waals surface area contributed by atoms with Crippen LogP contribution in [0.5, 0.6) is 0 Å². The highest BCUT2D eigenvalue weighted by Gasteiger charge is 2.25. The second kappa shape index (κ2) is 15.3. The summed E-state index contributed by atoms with van der Waals surface area (Å²) in [6, 6.07) is 18.3. The Morgan fingerprint density at radius 2 is 1.73 bits per heavy atom. The van der Waals surface area contributed by atoms with E-state index in [0.717, 1.165) is 60.9 Å². The molecule has 1 fully saturated rings. The van der Waals surface area contributed by atoms with Crippen LogP contribution in [0.1, 0.15) is 66.9 Å². The number of nitrogens with one attached hydrogen (secondary N) is 3. The van der Waals surface area contributed by atoms with Crippen LogP contribution in [-0.2, 0) is 19.5 Å². The number of carbonyl (C=O) groups excluding carboxylic acids is 2. The summed E-state index contributed by atoms with van der Waals surface area (Å²) in [4.78, 5) is 43.6. The van der Waals surface area contributed by atoms with E-state index >= 15 is 0 Å². The van der Waals surface area contributed by atoms with Crippen LogP contribution in [0.25, 0.3) is 22.4 Å². The van der Waals surface area contributed by atoms with E-state index in [1.54, 1.807) is 18.3 Å². The average Bonchev–Trinajstić information content (AvgIpc) is 3.56. The first-order chi connectivity index (χ1) is 23.8. The van der Waals surface area contributed by atoms with Crippen molar-refractivity contribution in [1.29, 1.82) is 0 Å². The van der Waals surface area contributed by atoms with Crippen LogP contribution in [0.15, 0.2) is 90.2 Å². The van der Waals surface area contributed by atoms with E-state index < -0.39 is 11.6 Å². The Morgan fingerprint density at radius 3 is 2.47 bits per heavy atom. The summed E-state index contributed by atoms with van der Waals surface area (Å²) in [6.45, 7) is 5.68. The molecule has 3 heterocycles. The number of hydrogen-bond donors (Lipinski definition) is 3. The van der Waals surface area contributed by atoms with Crippen molar-refractivity contribution < 1.29 is 9.59 Å². The fraction of sp³-hybridized carbons (Fsp3) is 0.289. The van der Waals surface area contributed by atoms with Crippen molar-refractivity contribution in [3.8, 4) is 22.4 Å². The molecule has 0 saturated heterocycles. The van der Waals surface area contributed by atoms with Crippen molar-refractivity contribution in [2.75, 3.05) is 17.2 Å². The van der Waals surface area contributed by atoms with Crippen molar-refractivity contribution in [3.63, 3.8) is 0 Å². The number of amides is 3. The summed E-state index contributed by atoms with van der Waals surface area (Å²) >= 11 is 6.43. The highest BCUT2D eigenvalue weighted by atomic mass is 35.5. The number of urea groups is 1. The number of aromatic nitrogens is 4. The fourth-order valence-corrected chi connectivity index (χ4v) is 6.18. The smallest absolute Gasteiger partial charge is 0.323 e. The molecule has 0 bridgehead atoms. The fourth-order valence-electron chi connectivity index (χ4n) is 5.97. The van der Waals surface area contributed by atoms with E-state index in [1.807, 2.05) is 49.4 Å². The number of rotatable bonds is 12. The first-order valence-corrected chi connectivity index (χ1v) is 17.2. The minimum absolute atomic E-state index is 0.0892. The summed E-state index contributed by atoms with van der Waals surface area (Å²) < 4.78 is 3.47. The monoisotopic (exact) mass is 677 g/mol. The van der Waals surface area contributed by atoms with Crippen molar-refractivity contribution in [2.24, 2.45) is 0 Å². The van der Waals surface area contributed by atoms with Gasteiger partial charge in [-0.2, -0.15) is 5.10 Å². The first kappa shape index (κ1) is 33.7. The van der Waals surface area contributed by atoms with Crippen LogP contribution < -0.4 is 21.5 Å². The molecule has 0 radical (unpaired) electrons. The number of hydrogen-bond acceptors (Lipinski definition) is 5. The second-order valence-corrected chi connectivity index (χ2v) is 12.6. The maximum absolute atomic E-state index is 13.2. The molecule has 3 amide bonds. The SMILES string of the molecule is CCc1ccn(CCCNC(=O)c2cccc(-c3cccc(-c4cc(NC(=O)Nc5c(Cl)cncc5C5CCC5)c(=O)n(CC)n4)c3)c2)c1. The molecular weight excluding hydrogens is 638 g/mol. The van der Waals surface area contributed by atoms with Crippen molar-refractivity contribution >= 4 is 34.9 Å². The molecular formula is C38H40ClN7O3. The molecule has 1 aliphatic carbocycles. The van der Waals surface area contributed by atoms with Gasteiger partial charge in [0.15, 0.2) is 0 Å². The maximum Gasteiger partial charge on any atom is 0.323 e. The van der Waals surface area contributed by atoms with Gasteiger partial charge in [-0.15, -0.1) is 0 Å². The van der Waals surface area contributed by atoms with Gasteiger partial charge in [0.2, 0.25) is 0 Å². The van der Waals surface area contributed by atoms with Crippen LogP contribution in [0, 0.1) is 0 Å². The van der Waals surface area contributed by atoms with Crippen LogP contribution in [-0.4, -0.2) is 37.8 Å². The number of halogens is 1. The molecule has 6 rings (SSSR count). The highest BCUT2D eigenvalue weighted by molar-refractivity contribution is 6.33. The van der Waals surface area contributed by atoms with Crippen LogP contribution in [0.2, 0.25) is 5.02 Å². The zero-order valence-corrected chi connectivity index (χ0v) is 28.5. The van der Waals surface area contributed by atoms with E-state index in [2.05, 4.69) is 56.0 Å². The van der Waals surface area contributed by atoms with Crippen molar-refractivity contribution in [3.05, 3.63) is 118 Å². The average molecular weight is 678 g/mol. The minimum Gasteiger partial charge on any atom is -0.354 e. The quantitative estimate of drug-likeness (QED) is 0.117. The largest absolute Gasteiger partial charge is 0.354 e. The first-order valence-electron chi connectivity index (χ1n) is 16.8. The Morgan fingerprint density at radius 1 is 0.959 bits per heavy atom. The Labute approximate surface area is 290 Å². The zero-order valence-electron chi connectivity index (χ0n) is 27.7. The van der Waals surface area contributed by atoms with Crippen LogP contribution in [0.3, 0.4) is 0 Å². The Bertz CT molecular complexity index is 2030. The number of nitrogens with zero attached hydrogens (tertiary/aromatic N) is 4. The van der Waals surface area contributed by atoms with Crippen LogP contribution in [0.4, 0.5) is 16.2 Å². The van der Waals surface area contributed by atoms with Gasteiger partial charge in [-0.3, -0.25) is 14.6 Å². The van der Waals surface area contributed by atoms with Gasteiger partial charge >= 0.3 is 6.03 Å². The molecule has 49 heavy (non-hydrogen) atoms. The molecule has 0 unspecified atom stereocenters. The lowest BCUT2D eigenvalue weighted by molar-refractivity contribution is 0.0952. The topological polar surface area (TPSA) is 123 Å². The number of benzene rings is 2. The third-order valence-corrected chi connectivity index (χ3v) is 9.24. The number of pyridine rings is 1. The third-order valence-electron chi connectivity index (χ3n) is 8.95. The summed E-state index contributed by atoms with van der Waals surface area (Å²) in [5, 5.41) is 13.5. The molecule has 252 valence electrons. The summed E-state index contributed by atoms with van der Waals surface area (Å²) in [5.74, 6) is 0.168. The number of aryl methyl sites for hydroxylation is 3. The predicted molar refractivity (Wildman–Crippen MR) is 194 cm³/mol. The molecule has 1 aliphatic rings. The Hall–Kier alpha value is -5.22.